The van der Waals surface area contributed by atoms with E-state index >= 15 is 0 Å². The number of rotatable bonds is 2. The quantitative estimate of drug-likeness (QED) is 0.556. The molecule has 0 atom stereocenters. The van der Waals surface area contributed by atoms with Gasteiger partial charge in [-0.15, -0.1) is 0 Å². The van der Waals surface area contributed by atoms with Crippen molar-refractivity contribution in [1.29, 1.82) is 0 Å². The summed E-state index contributed by atoms with van der Waals surface area (Å²) in [6, 6.07) is 10.3. The Morgan fingerprint density at radius 1 is 1.20 bits per heavy atom. The van der Waals surface area contributed by atoms with Gasteiger partial charge in [-0.25, -0.2) is 0 Å². The summed E-state index contributed by atoms with van der Waals surface area (Å²) in [5, 5.41) is 1.59. The molecule has 0 nitrogen and oxygen atoms in total. The minimum absolute atomic E-state index is 0.0830. The summed E-state index contributed by atoms with van der Waals surface area (Å²) >= 11 is 0. The number of hydrogen-bond acceptors (Lipinski definition) is 0. The molecule has 0 fully saturated rings. The lowest BCUT2D eigenvalue weighted by Crippen LogP contribution is -2.11. The summed E-state index contributed by atoms with van der Waals surface area (Å²) in [5.74, 6) is 0. The van der Waals surface area contributed by atoms with Crippen LogP contribution in [0, 0.1) is 6.92 Å². The molecule has 0 aliphatic carbocycles. The van der Waals surface area contributed by atoms with Crippen LogP contribution in [0.1, 0.15) is 12.5 Å². The number of hydrogen-bond donors (Lipinski definition) is 0. The van der Waals surface area contributed by atoms with Crippen molar-refractivity contribution >= 4 is 14.7 Å². The lowest BCUT2D eigenvalue weighted by atomic mass is 10.2. The molecule has 0 aliphatic heterocycles. The van der Waals surface area contributed by atoms with Crippen LogP contribution in [0.15, 0.2) is 24.3 Å². The van der Waals surface area contributed by atoms with Gasteiger partial charge in [0, 0.05) is 0 Å². The van der Waals surface area contributed by atoms with Gasteiger partial charge in [-0.1, -0.05) is 48.0 Å². The third kappa shape index (κ3) is 1.99. The highest BCUT2D eigenvalue weighted by Crippen LogP contribution is 1.92. The highest BCUT2D eigenvalue weighted by atomic mass is 28.2. The lowest BCUT2D eigenvalue weighted by Gasteiger charge is -1.96. The van der Waals surface area contributed by atoms with Gasteiger partial charge in [-0.2, -0.15) is 0 Å². The van der Waals surface area contributed by atoms with Gasteiger partial charge in [0.05, 0.1) is 9.52 Å². The molecular formula is C9H14Si. The van der Waals surface area contributed by atoms with Crippen molar-refractivity contribution in [2.75, 3.05) is 0 Å². The van der Waals surface area contributed by atoms with Gasteiger partial charge < -0.3 is 0 Å². The minimum atomic E-state index is 0.0830. The molecule has 0 radical (unpaired) electrons. The van der Waals surface area contributed by atoms with Crippen molar-refractivity contribution in [3.05, 3.63) is 29.8 Å². The van der Waals surface area contributed by atoms with Crippen LogP contribution in [-0.2, 0) is 0 Å². The van der Waals surface area contributed by atoms with E-state index < -0.39 is 0 Å². The van der Waals surface area contributed by atoms with Crippen molar-refractivity contribution in [2.24, 2.45) is 0 Å². The number of aryl methyl sites for hydroxylation is 1. The molecule has 54 valence electrons. The fraction of sp³-hybridized carbons (Fsp3) is 0.333. The van der Waals surface area contributed by atoms with E-state index in [1.54, 1.807) is 5.19 Å². The van der Waals surface area contributed by atoms with Crippen molar-refractivity contribution in [1.82, 2.24) is 0 Å². The van der Waals surface area contributed by atoms with Gasteiger partial charge in [-0.3, -0.25) is 0 Å². The van der Waals surface area contributed by atoms with Crippen LogP contribution in [0.5, 0.6) is 0 Å². The maximum absolute atomic E-state index is 2.27. The smallest absolute Gasteiger partial charge is 0.0544 e. The molecule has 0 heterocycles. The molecular weight excluding hydrogens is 136 g/mol. The average molecular weight is 150 g/mol. The van der Waals surface area contributed by atoms with E-state index in [0.717, 1.165) is 0 Å². The van der Waals surface area contributed by atoms with E-state index in [-0.39, 0.29) is 9.52 Å². The molecule has 10 heavy (non-hydrogen) atoms. The Bertz CT molecular complexity index is 188. The Morgan fingerprint density at radius 3 is 2.30 bits per heavy atom. The van der Waals surface area contributed by atoms with Gasteiger partial charge in [0.2, 0.25) is 0 Å². The van der Waals surface area contributed by atoms with E-state index in [4.69, 9.17) is 0 Å². The van der Waals surface area contributed by atoms with Crippen LogP contribution < -0.4 is 5.19 Å². The second kappa shape index (κ2) is 3.57. The van der Waals surface area contributed by atoms with Crippen molar-refractivity contribution in [3.8, 4) is 0 Å². The van der Waals surface area contributed by atoms with Gasteiger partial charge in [0.25, 0.3) is 0 Å². The lowest BCUT2D eigenvalue weighted by molar-refractivity contribution is 1.45. The zero-order chi connectivity index (χ0) is 7.40. The average Bonchev–Trinajstić information content (AvgIpc) is 1.95. The van der Waals surface area contributed by atoms with Crippen LogP contribution in [0.2, 0.25) is 6.04 Å². The first-order valence-corrected chi connectivity index (χ1v) is 5.59. The third-order valence-electron chi connectivity index (χ3n) is 1.66. The molecule has 1 aromatic carbocycles. The maximum atomic E-state index is 2.27. The Hall–Kier alpha value is -0.563. The second-order valence-electron chi connectivity index (χ2n) is 2.74. The molecule has 0 aliphatic rings. The van der Waals surface area contributed by atoms with E-state index in [9.17, 15) is 0 Å². The van der Waals surface area contributed by atoms with Crippen LogP contribution in [0.4, 0.5) is 0 Å². The van der Waals surface area contributed by atoms with E-state index in [0.29, 0.717) is 0 Å². The topological polar surface area (TPSA) is 0 Å². The molecule has 0 unspecified atom stereocenters. The number of benzene rings is 1. The van der Waals surface area contributed by atoms with Crippen LogP contribution in [0.25, 0.3) is 0 Å². The fourth-order valence-electron chi connectivity index (χ4n) is 1.04. The summed E-state index contributed by atoms with van der Waals surface area (Å²) in [4.78, 5) is 0. The molecule has 0 saturated heterocycles. The molecule has 1 aromatic rings. The maximum Gasteiger partial charge on any atom is 0.0544 e. The molecule has 0 bridgehead atoms. The second-order valence-corrected chi connectivity index (χ2v) is 5.05. The molecule has 0 spiro atoms. The highest BCUT2D eigenvalue weighted by molar-refractivity contribution is 6.53. The predicted molar refractivity (Wildman–Crippen MR) is 49.8 cm³/mol. The zero-order valence-electron chi connectivity index (χ0n) is 6.72. The summed E-state index contributed by atoms with van der Waals surface area (Å²) in [6.45, 7) is 4.41. The molecule has 0 amide bonds. The minimum Gasteiger partial charge on any atom is -0.0680 e. The molecule has 1 rings (SSSR count). The Morgan fingerprint density at radius 2 is 1.80 bits per heavy atom. The molecule has 0 saturated carbocycles. The first-order valence-electron chi connectivity index (χ1n) is 3.88. The molecule has 0 aromatic heterocycles. The summed E-state index contributed by atoms with van der Waals surface area (Å²) in [7, 11) is 0.0830. The summed E-state index contributed by atoms with van der Waals surface area (Å²) in [6.07, 6.45) is 0. The first-order chi connectivity index (χ1) is 4.83. The molecule has 0 N–H and O–H groups in total. The van der Waals surface area contributed by atoms with Crippen molar-refractivity contribution in [2.45, 2.75) is 19.9 Å². The Labute approximate surface area is 65.1 Å². The predicted octanol–water partition coefficient (Wildman–Crippen LogP) is 1.23. The zero-order valence-corrected chi connectivity index (χ0v) is 8.14. The normalized spacial score (nSPS) is 11.0. The van der Waals surface area contributed by atoms with Crippen LogP contribution in [-0.4, -0.2) is 9.52 Å². The third-order valence-corrected chi connectivity index (χ3v) is 3.21. The van der Waals surface area contributed by atoms with Gasteiger partial charge in [-0.05, 0) is 6.92 Å². The molecule has 1 heteroatoms. The van der Waals surface area contributed by atoms with Crippen molar-refractivity contribution in [3.63, 3.8) is 0 Å². The highest BCUT2D eigenvalue weighted by Gasteiger charge is 1.88. The van der Waals surface area contributed by atoms with E-state index in [1.165, 1.54) is 11.6 Å². The SMILES string of the molecule is CC[SiH2]c1ccc(C)cc1. The van der Waals surface area contributed by atoms with Gasteiger partial charge in [0.1, 0.15) is 0 Å². The Kier molecular flexibility index (Phi) is 2.69. The monoisotopic (exact) mass is 150 g/mol. The summed E-state index contributed by atoms with van der Waals surface area (Å²) < 4.78 is 0. The van der Waals surface area contributed by atoms with E-state index in [1.807, 2.05) is 0 Å². The van der Waals surface area contributed by atoms with E-state index in [2.05, 4.69) is 38.1 Å². The fourth-order valence-corrected chi connectivity index (χ4v) is 2.19. The van der Waals surface area contributed by atoms with Crippen molar-refractivity contribution < 1.29 is 0 Å². The Balaban J connectivity index is 2.69. The van der Waals surface area contributed by atoms with Crippen LogP contribution in [0.3, 0.4) is 0 Å². The van der Waals surface area contributed by atoms with Crippen LogP contribution >= 0.6 is 0 Å². The first kappa shape index (κ1) is 7.54. The standard InChI is InChI=1S/C9H14Si/c1-3-10-9-6-4-8(2)5-7-9/h4-7H,3,10H2,1-2H3. The van der Waals surface area contributed by atoms with Gasteiger partial charge >= 0.3 is 0 Å². The summed E-state index contributed by atoms with van der Waals surface area (Å²) in [5.41, 5.74) is 1.37. The largest absolute Gasteiger partial charge is 0.0680 e. The van der Waals surface area contributed by atoms with Gasteiger partial charge in [0.15, 0.2) is 0 Å².